The topological polar surface area (TPSA) is 149 Å². The third-order valence-electron chi connectivity index (χ3n) is 8.46. The predicted molar refractivity (Wildman–Crippen MR) is 214 cm³/mol. The molecule has 0 amide bonds. The molecule has 3 unspecified atom stereocenters. The maximum atomic E-state index is 12.6. The zero-order valence-electron chi connectivity index (χ0n) is 33.2. The number of aliphatic hydroxyl groups is 2. The van der Waals surface area contributed by atoms with Gasteiger partial charge in [-0.05, 0) is 77.0 Å². The molecule has 0 spiro atoms. The largest absolute Gasteiger partial charge is 0.472 e. The zero-order valence-corrected chi connectivity index (χ0v) is 34.1. The molecule has 11 heteroatoms. The Morgan fingerprint density at radius 2 is 0.981 bits per heavy atom. The second kappa shape index (κ2) is 38.2. The van der Waals surface area contributed by atoms with Gasteiger partial charge < -0.3 is 24.6 Å². The van der Waals surface area contributed by atoms with Gasteiger partial charge in [-0.1, -0.05) is 127 Å². The molecule has 0 saturated carbocycles. The minimum atomic E-state index is -4.63. The maximum absolute atomic E-state index is 12.6. The molecule has 0 rings (SSSR count). The molecule has 0 aromatic carbocycles. The maximum Gasteiger partial charge on any atom is 0.472 e. The van der Waals surface area contributed by atoms with Crippen LogP contribution in [0.1, 0.15) is 168 Å². The van der Waals surface area contributed by atoms with E-state index in [1.54, 1.807) is 0 Å². The molecule has 10 nitrogen and oxygen atoms in total. The molecule has 53 heavy (non-hydrogen) atoms. The molecule has 0 aliphatic heterocycles. The van der Waals surface area contributed by atoms with Crippen molar-refractivity contribution in [3.05, 3.63) is 48.6 Å². The Balaban J connectivity index is 4.41. The predicted octanol–water partition coefficient (Wildman–Crippen LogP) is 10.6. The molecule has 0 aromatic rings. The van der Waals surface area contributed by atoms with E-state index < -0.39 is 51.8 Å². The van der Waals surface area contributed by atoms with Crippen LogP contribution in [0.3, 0.4) is 0 Å². The SMILES string of the molecule is CCCCCC=CCC=CCC=CCCCCC(=O)OC(COC(=O)CCCCCCCCCC=CCCCCCC)COP(=O)(O)OCC(O)CO. The summed E-state index contributed by atoms with van der Waals surface area (Å²) in [5.74, 6) is -0.977. The molecule has 0 aliphatic rings. The quantitative estimate of drug-likeness (QED) is 0.0240. The zero-order chi connectivity index (χ0) is 39.1. The van der Waals surface area contributed by atoms with Crippen LogP contribution < -0.4 is 0 Å². The Morgan fingerprint density at radius 1 is 0.566 bits per heavy atom. The number of carbonyl (C=O) groups is 2. The molecule has 0 fully saturated rings. The second-order valence-corrected chi connectivity index (χ2v) is 15.1. The molecular formula is C42H75O10P. The normalized spacial score (nSPS) is 14.4. The van der Waals surface area contributed by atoms with Crippen molar-refractivity contribution < 1.29 is 47.8 Å². The van der Waals surface area contributed by atoms with Crippen molar-refractivity contribution in [1.29, 1.82) is 0 Å². The first-order chi connectivity index (χ1) is 25.7. The molecule has 0 radical (unpaired) electrons. The third kappa shape index (κ3) is 38.0. The van der Waals surface area contributed by atoms with Gasteiger partial charge in [0.1, 0.15) is 12.7 Å². The summed E-state index contributed by atoms with van der Waals surface area (Å²) in [4.78, 5) is 34.9. The monoisotopic (exact) mass is 771 g/mol. The van der Waals surface area contributed by atoms with Crippen molar-refractivity contribution in [1.82, 2.24) is 0 Å². The standard InChI is InChI=1S/C42H75O10P/c1-3-5-7-9-11-13-15-17-19-21-23-25-27-29-31-33-41(45)49-37-40(38-51-53(47,48)50-36-39(44)35-43)52-42(46)34-32-30-28-26-24-22-20-18-16-14-12-10-8-6-4-2/h12-15,18,20,24,26,39-40,43-44H,3-11,16-17,19,21-23,25,27-38H2,1-2H3,(H,47,48). The van der Waals surface area contributed by atoms with E-state index in [9.17, 15) is 24.2 Å². The second-order valence-electron chi connectivity index (χ2n) is 13.7. The number of hydrogen-bond donors (Lipinski definition) is 3. The van der Waals surface area contributed by atoms with Gasteiger partial charge in [-0.25, -0.2) is 4.57 Å². The van der Waals surface area contributed by atoms with E-state index in [1.165, 1.54) is 70.6 Å². The third-order valence-corrected chi connectivity index (χ3v) is 9.41. The minimum absolute atomic E-state index is 0.134. The van der Waals surface area contributed by atoms with Crippen molar-refractivity contribution >= 4 is 19.8 Å². The molecule has 3 N–H and O–H groups in total. The van der Waals surface area contributed by atoms with Crippen molar-refractivity contribution in [2.75, 3.05) is 26.4 Å². The Hall–Kier alpha value is -2.07. The van der Waals surface area contributed by atoms with Gasteiger partial charge in [0.05, 0.1) is 19.8 Å². The average molecular weight is 771 g/mol. The van der Waals surface area contributed by atoms with Crippen LogP contribution in [-0.4, -0.2) is 65.7 Å². The summed E-state index contributed by atoms with van der Waals surface area (Å²) in [6.07, 6.45) is 39.3. The number of unbranched alkanes of at least 4 members (excludes halogenated alkanes) is 16. The molecule has 308 valence electrons. The van der Waals surface area contributed by atoms with E-state index in [1.807, 2.05) is 0 Å². The molecule has 0 aromatic heterocycles. The fourth-order valence-electron chi connectivity index (χ4n) is 5.23. The van der Waals surface area contributed by atoms with Crippen LogP contribution in [-0.2, 0) is 32.7 Å². The fourth-order valence-corrected chi connectivity index (χ4v) is 6.02. The summed E-state index contributed by atoms with van der Waals surface area (Å²) < 4.78 is 32.6. The van der Waals surface area contributed by atoms with Gasteiger partial charge in [-0.15, -0.1) is 0 Å². The summed E-state index contributed by atoms with van der Waals surface area (Å²) in [7, 11) is -4.63. The summed E-state index contributed by atoms with van der Waals surface area (Å²) >= 11 is 0. The minimum Gasteiger partial charge on any atom is -0.462 e. The number of phosphoric ester groups is 1. The van der Waals surface area contributed by atoms with E-state index in [0.29, 0.717) is 12.8 Å². The molecule has 0 saturated heterocycles. The first-order valence-corrected chi connectivity index (χ1v) is 22.1. The lowest BCUT2D eigenvalue weighted by atomic mass is 10.1. The summed E-state index contributed by atoms with van der Waals surface area (Å²) in [5.41, 5.74) is 0. The number of carbonyl (C=O) groups excluding carboxylic acids is 2. The van der Waals surface area contributed by atoms with Crippen LogP contribution in [0.15, 0.2) is 48.6 Å². The van der Waals surface area contributed by atoms with Crippen LogP contribution in [0.2, 0.25) is 0 Å². The molecule has 3 atom stereocenters. The highest BCUT2D eigenvalue weighted by Crippen LogP contribution is 2.43. The van der Waals surface area contributed by atoms with Gasteiger partial charge in [-0.3, -0.25) is 18.6 Å². The molecular weight excluding hydrogens is 695 g/mol. The lowest BCUT2D eigenvalue weighted by Gasteiger charge is -2.20. The fraction of sp³-hybridized carbons (Fsp3) is 0.762. The van der Waals surface area contributed by atoms with Crippen molar-refractivity contribution in [3.63, 3.8) is 0 Å². The van der Waals surface area contributed by atoms with Crippen molar-refractivity contribution in [3.8, 4) is 0 Å². The first-order valence-electron chi connectivity index (χ1n) is 20.6. The van der Waals surface area contributed by atoms with Gasteiger partial charge in [0, 0.05) is 12.8 Å². The lowest BCUT2D eigenvalue weighted by molar-refractivity contribution is -0.161. The van der Waals surface area contributed by atoms with Gasteiger partial charge in [-0.2, -0.15) is 0 Å². The highest BCUT2D eigenvalue weighted by Gasteiger charge is 2.27. The van der Waals surface area contributed by atoms with E-state index in [4.69, 9.17) is 19.1 Å². The highest BCUT2D eigenvalue weighted by molar-refractivity contribution is 7.47. The number of rotatable bonds is 38. The molecule has 0 heterocycles. The van der Waals surface area contributed by atoms with Crippen LogP contribution in [0.4, 0.5) is 0 Å². The van der Waals surface area contributed by atoms with Gasteiger partial charge in [0.25, 0.3) is 0 Å². The number of allylic oxidation sites excluding steroid dienone is 8. The van der Waals surface area contributed by atoms with Crippen molar-refractivity contribution in [2.24, 2.45) is 0 Å². The smallest absolute Gasteiger partial charge is 0.462 e. The van der Waals surface area contributed by atoms with E-state index in [2.05, 4.69) is 67.0 Å². The summed E-state index contributed by atoms with van der Waals surface area (Å²) in [6, 6.07) is 0. The first kappa shape index (κ1) is 50.9. The van der Waals surface area contributed by atoms with Gasteiger partial charge in [0.15, 0.2) is 6.10 Å². The summed E-state index contributed by atoms with van der Waals surface area (Å²) in [5, 5.41) is 18.3. The van der Waals surface area contributed by atoms with Crippen LogP contribution in [0.25, 0.3) is 0 Å². The van der Waals surface area contributed by atoms with E-state index >= 15 is 0 Å². The Morgan fingerprint density at radius 3 is 1.57 bits per heavy atom. The molecule has 0 bridgehead atoms. The Kier molecular flexibility index (Phi) is 36.7. The Labute approximate surface area is 322 Å². The van der Waals surface area contributed by atoms with Gasteiger partial charge in [0.2, 0.25) is 0 Å². The van der Waals surface area contributed by atoms with Crippen molar-refractivity contribution in [2.45, 2.75) is 180 Å². The lowest BCUT2D eigenvalue weighted by Crippen LogP contribution is -2.29. The van der Waals surface area contributed by atoms with Crippen LogP contribution in [0, 0.1) is 0 Å². The number of esters is 2. The molecule has 0 aliphatic carbocycles. The van der Waals surface area contributed by atoms with Gasteiger partial charge >= 0.3 is 19.8 Å². The Bertz CT molecular complexity index is 1030. The highest BCUT2D eigenvalue weighted by atomic mass is 31.2. The van der Waals surface area contributed by atoms with E-state index in [-0.39, 0.29) is 19.4 Å². The number of phosphoric acid groups is 1. The van der Waals surface area contributed by atoms with Crippen LogP contribution in [0.5, 0.6) is 0 Å². The summed E-state index contributed by atoms with van der Waals surface area (Å²) in [6.45, 7) is 2.28. The number of hydrogen-bond acceptors (Lipinski definition) is 9. The number of aliphatic hydroxyl groups excluding tert-OH is 2. The number of ether oxygens (including phenoxy) is 2. The van der Waals surface area contributed by atoms with E-state index in [0.717, 1.165) is 57.8 Å². The van der Waals surface area contributed by atoms with Crippen LogP contribution >= 0.6 is 7.82 Å². The average Bonchev–Trinajstić information content (AvgIpc) is 3.14.